The van der Waals surface area contributed by atoms with Crippen LogP contribution >= 0.6 is 0 Å². The van der Waals surface area contributed by atoms with E-state index in [0.29, 0.717) is 17.5 Å². The maximum Gasteiger partial charge on any atom is 0.164 e. The van der Waals surface area contributed by atoms with Crippen molar-refractivity contribution in [2.24, 2.45) is 0 Å². The maximum atomic E-state index is 5.10. The molecule has 56 heavy (non-hydrogen) atoms. The van der Waals surface area contributed by atoms with Crippen molar-refractivity contribution >= 4 is 43.7 Å². The normalized spacial score (nSPS) is 11.6. The van der Waals surface area contributed by atoms with Crippen LogP contribution in [0.4, 0.5) is 0 Å². The van der Waals surface area contributed by atoms with E-state index in [4.69, 9.17) is 19.9 Å². The highest BCUT2D eigenvalue weighted by Crippen LogP contribution is 2.38. The molecule has 0 aliphatic rings. The number of pyridine rings is 1. The van der Waals surface area contributed by atoms with Crippen LogP contribution in [0, 0.1) is 0 Å². The van der Waals surface area contributed by atoms with Gasteiger partial charge >= 0.3 is 0 Å². The minimum atomic E-state index is 0.624. The molecule has 0 radical (unpaired) electrons. The molecule has 0 atom stereocenters. The summed E-state index contributed by atoms with van der Waals surface area (Å²) in [5, 5.41) is 4.67. The predicted octanol–water partition coefficient (Wildman–Crippen LogP) is 12.1. The van der Waals surface area contributed by atoms with E-state index in [-0.39, 0.29) is 0 Å². The molecule has 0 amide bonds. The third-order valence-corrected chi connectivity index (χ3v) is 10.6. The second-order valence-corrected chi connectivity index (χ2v) is 14.0. The molecule has 0 saturated carbocycles. The number of aromatic nitrogens is 6. The Bertz CT molecular complexity index is 3180. The van der Waals surface area contributed by atoms with E-state index >= 15 is 0 Å². The molecule has 4 heterocycles. The van der Waals surface area contributed by atoms with Gasteiger partial charge in [-0.15, -0.1) is 0 Å². The molecule has 6 nitrogen and oxygen atoms in total. The molecule has 0 unspecified atom stereocenters. The third-order valence-electron chi connectivity index (χ3n) is 10.6. The lowest BCUT2D eigenvalue weighted by molar-refractivity contribution is 1.07. The average Bonchev–Trinajstić information content (AvgIpc) is 3.79. The first-order chi connectivity index (χ1) is 27.8. The van der Waals surface area contributed by atoms with Crippen LogP contribution in [0.5, 0.6) is 0 Å². The summed E-state index contributed by atoms with van der Waals surface area (Å²) in [6.45, 7) is 0. The Hall–Kier alpha value is -7.70. The van der Waals surface area contributed by atoms with Crippen LogP contribution in [0.1, 0.15) is 0 Å². The number of nitrogens with zero attached hydrogens (tertiary/aromatic N) is 6. The van der Waals surface area contributed by atoms with Crippen molar-refractivity contribution in [3.8, 4) is 56.7 Å². The van der Waals surface area contributed by atoms with Crippen LogP contribution in [0.15, 0.2) is 194 Å². The van der Waals surface area contributed by atoms with Gasteiger partial charge in [-0.1, -0.05) is 133 Å². The fourth-order valence-corrected chi connectivity index (χ4v) is 7.99. The van der Waals surface area contributed by atoms with Crippen molar-refractivity contribution in [3.05, 3.63) is 194 Å². The van der Waals surface area contributed by atoms with Gasteiger partial charge in [0.25, 0.3) is 0 Å². The Kier molecular flexibility index (Phi) is 7.38. The number of para-hydroxylation sites is 3. The van der Waals surface area contributed by atoms with E-state index in [1.165, 1.54) is 16.2 Å². The van der Waals surface area contributed by atoms with Gasteiger partial charge in [-0.2, -0.15) is 0 Å². The molecule has 0 N–H and O–H groups in total. The summed E-state index contributed by atoms with van der Waals surface area (Å²) < 4.78 is 4.59. The van der Waals surface area contributed by atoms with E-state index in [1.807, 2.05) is 72.9 Å². The molecule has 7 aromatic carbocycles. The van der Waals surface area contributed by atoms with Crippen molar-refractivity contribution in [2.75, 3.05) is 0 Å². The van der Waals surface area contributed by atoms with Gasteiger partial charge in [0.1, 0.15) is 5.65 Å². The highest BCUT2D eigenvalue weighted by atomic mass is 15.1. The summed E-state index contributed by atoms with van der Waals surface area (Å²) in [5.74, 6) is 1.90. The fraction of sp³-hybridized carbons (Fsp3) is 0. The summed E-state index contributed by atoms with van der Waals surface area (Å²) in [5.41, 5.74) is 11.5. The van der Waals surface area contributed by atoms with Crippen LogP contribution in [-0.4, -0.2) is 29.1 Å². The van der Waals surface area contributed by atoms with E-state index in [9.17, 15) is 0 Å². The van der Waals surface area contributed by atoms with E-state index in [2.05, 4.69) is 130 Å². The summed E-state index contributed by atoms with van der Waals surface area (Å²) in [6, 6.07) is 65.4. The molecule has 6 heteroatoms. The average molecular weight is 717 g/mol. The largest absolute Gasteiger partial charge is 0.309 e. The molecule has 0 saturated heterocycles. The fourth-order valence-electron chi connectivity index (χ4n) is 7.99. The maximum absolute atomic E-state index is 5.10. The van der Waals surface area contributed by atoms with Gasteiger partial charge in [0, 0.05) is 61.4 Å². The summed E-state index contributed by atoms with van der Waals surface area (Å²) in [6.07, 6.45) is 2.01. The smallest absolute Gasteiger partial charge is 0.164 e. The Labute approximate surface area is 322 Å². The first-order valence-electron chi connectivity index (χ1n) is 18.7. The Morgan fingerprint density at radius 2 is 0.804 bits per heavy atom. The molecule has 0 spiro atoms. The van der Waals surface area contributed by atoms with Gasteiger partial charge < -0.3 is 4.57 Å². The minimum Gasteiger partial charge on any atom is -0.309 e. The van der Waals surface area contributed by atoms with Crippen LogP contribution in [0.25, 0.3) is 100 Å². The van der Waals surface area contributed by atoms with Gasteiger partial charge in [-0.05, 0) is 60.2 Å². The molecule has 0 aliphatic carbocycles. The number of hydrogen-bond acceptors (Lipinski definition) is 4. The van der Waals surface area contributed by atoms with Gasteiger partial charge in [-0.3, -0.25) is 4.57 Å². The molecular formula is C50H32N6. The topological polar surface area (TPSA) is 61.4 Å². The highest BCUT2D eigenvalue weighted by Gasteiger charge is 2.18. The summed E-state index contributed by atoms with van der Waals surface area (Å²) >= 11 is 0. The van der Waals surface area contributed by atoms with Crippen LogP contribution in [0.2, 0.25) is 0 Å². The summed E-state index contributed by atoms with van der Waals surface area (Å²) in [4.78, 5) is 20.0. The zero-order valence-electron chi connectivity index (χ0n) is 30.2. The van der Waals surface area contributed by atoms with Gasteiger partial charge in [0.05, 0.1) is 16.6 Å². The van der Waals surface area contributed by atoms with Crippen molar-refractivity contribution in [2.45, 2.75) is 0 Å². The molecule has 0 fully saturated rings. The summed E-state index contributed by atoms with van der Waals surface area (Å²) in [7, 11) is 0. The number of hydrogen-bond donors (Lipinski definition) is 0. The minimum absolute atomic E-state index is 0.624. The highest BCUT2D eigenvalue weighted by molar-refractivity contribution is 6.12. The van der Waals surface area contributed by atoms with Crippen LogP contribution in [0.3, 0.4) is 0 Å². The number of fused-ring (bicyclic) bond motifs is 6. The molecule has 0 bridgehead atoms. The molecule has 11 rings (SSSR count). The van der Waals surface area contributed by atoms with E-state index < -0.39 is 0 Å². The first kappa shape index (κ1) is 31.8. The monoisotopic (exact) mass is 716 g/mol. The Morgan fingerprint density at radius 3 is 1.48 bits per heavy atom. The quantitative estimate of drug-likeness (QED) is 0.172. The molecule has 11 aromatic rings. The number of rotatable bonds is 6. The SMILES string of the molecule is c1ccc(-c2nc(-c3ccccc3)nc(-c3cccc(-n4c5ccccc5c5cc(-c6cnc7c(c6)c6ccccc6n7-c6ccccc6)ccc54)c3)n2)cc1. The van der Waals surface area contributed by atoms with Gasteiger partial charge in [0.15, 0.2) is 17.5 Å². The van der Waals surface area contributed by atoms with E-state index in [0.717, 1.165) is 66.8 Å². The lowest BCUT2D eigenvalue weighted by atomic mass is 10.0. The third kappa shape index (κ3) is 5.27. The molecule has 0 aliphatic heterocycles. The molecule has 4 aromatic heterocycles. The zero-order chi connectivity index (χ0) is 37.0. The van der Waals surface area contributed by atoms with E-state index in [1.54, 1.807) is 0 Å². The second-order valence-electron chi connectivity index (χ2n) is 14.0. The van der Waals surface area contributed by atoms with Crippen molar-refractivity contribution < 1.29 is 0 Å². The Morgan fingerprint density at radius 1 is 0.304 bits per heavy atom. The van der Waals surface area contributed by atoms with Crippen LogP contribution in [-0.2, 0) is 0 Å². The molecular weight excluding hydrogens is 685 g/mol. The Balaban J connectivity index is 1.05. The lowest BCUT2D eigenvalue weighted by Gasteiger charge is -2.12. The van der Waals surface area contributed by atoms with Crippen molar-refractivity contribution in [3.63, 3.8) is 0 Å². The van der Waals surface area contributed by atoms with Crippen molar-refractivity contribution in [1.82, 2.24) is 29.1 Å². The van der Waals surface area contributed by atoms with Crippen LogP contribution < -0.4 is 0 Å². The predicted molar refractivity (Wildman–Crippen MR) is 228 cm³/mol. The zero-order valence-corrected chi connectivity index (χ0v) is 30.2. The first-order valence-corrected chi connectivity index (χ1v) is 18.7. The second kappa shape index (κ2) is 13.0. The van der Waals surface area contributed by atoms with Crippen molar-refractivity contribution in [1.29, 1.82) is 0 Å². The number of benzene rings is 7. The standard InChI is InChI=1S/C50H32N6/c1-4-15-33(16-5-1)47-52-48(34-17-6-2-7-18-34)54-49(53-47)36-19-14-22-39(29-36)55-44-25-12-10-23-40(44)42-30-35(27-28-46(42)55)37-31-43-41-24-11-13-26-45(41)56(50(43)51-32-37)38-20-8-3-9-21-38/h1-32H. The molecule has 262 valence electrons. The van der Waals surface area contributed by atoms with Gasteiger partial charge in [0.2, 0.25) is 0 Å². The lowest BCUT2D eigenvalue weighted by Crippen LogP contribution is -2.01. The van der Waals surface area contributed by atoms with Gasteiger partial charge in [-0.25, -0.2) is 19.9 Å².